The summed E-state index contributed by atoms with van der Waals surface area (Å²) in [5.74, 6) is 0.763. The van der Waals surface area contributed by atoms with Crippen molar-refractivity contribution in [1.82, 2.24) is 5.32 Å². The van der Waals surface area contributed by atoms with Crippen LogP contribution in [0.3, 0.4) is 0 Å². The number of hydrogen-bond acceptors (Lipinski definition) is 2. The van der Waals surface area contributed by atoms with E-state index in [0.29, 0.717) is 0 Å². The van der Waals surface area contributed by atoms with Gasteiger partial charge < -0.3 is 10.2 Å². The van der Waals surface area contributed by atoms with Gasteiger partial charge in [-0.25, -0.2) is 0 Å². The Bertz CT molecular complexity index is 370. The molecule has 1 aliphatic rings. The minimum Gasteiger partial charge on any atom is -0.371 e. The van der Waals surface area contributed by atoms with E-state index in [0.717, 1.165) is 35.0 Å². The maximum absolute atomic E-state index is 5.99. The fourth-order valence-electron chi connectivity index (χ4n) is 2.20. The number of nitrogens with zero attached hydrogens (tertiary/aromatic N) is 1. The average molecular weight is 304 g/mol. The molecule has 0 bridgehead atoms. The second kappa shape index (κ2) is 5.39. The summed E-state index contributed by atoms with van der Waals surface area (Å²) in [4.78, 5) is 2.42. The SMILES string of the molecule is CNCC1CCN(c2ccc(Cl)c(Br)c2)C1. The average Bonchev–Trinajstić information content (AvgIpc) is 2.71. The molecule has 1 aromatic rings. The zero-order valence-corrected chi connectivity index (χ0v) is 11.7. The van der Waals surface area contributed by atoms with E-state index in [2.05, 4.69) is 38.3 Å². The van der Waals surface area contributed by atoms with Crippen molar-refractivity contribution in [2.45, 2.75) is 6.42 Å². The first kappa shape index (κ1) is 12.2. The van der Waals surface area contributed by atoms with Gasteiger partial charge in [0.2, 0.25) is 0 Å². The Labute approximate surface area is 110 Å². The molecule has 0 radical (unpaired) electrons. The molecular weight excluding hydrogens is 288 g/mol. The lowest BCUT2D eigenvalue weighted by Crippen LogP contribution is -2.24. The van der Waals surface area contributed by atoms with Crippen molar-refractivity contribution in [3.63, 3.8) is 0 Å². The van der Waals surface area contributed by atoms with E-state index < -0.39 is 0 Å². The summed E-state index contributed by atoms with van der Waals surface area (Å²) in [6.07, 6.45) is 1.26. The van der Waals surface area contributed by atoms with E-state index in [-0.39, 0.29) is 0 Å². The van der Waals surface area contributed by atoms with Gasteiger partial charge in [-0.2, -0.15) is 0 Å². The standard InChI is InChI=1S/C12H16BrClN2/c1-15-7-9-4-5-16(8-9)10-2-3-12(14)11(13)6-10/h2-3,6,9,15H,4-5,7-8H2,1H3. The Morgan fingerprint density at radius 3 is 3.06 bits per heavy atom. The van der Waals surface area contributed by atoms with Crippen LogP contribution in [0.15, 0.2) is 22.7 Å². The maximum atomic E-state index is 5.99. The van der Waals surface area contributed by atoms with Crippen molar-refractivity contribution in [2.24, 2.45) is 5.92 Å². The summed E-state index contributed by atoms with van der Waals surface area (Å²) in [5, 5.41) is 4.02. The highest BCUT2D eigenvalue weighted by atomic mass is 79.9. The third kappa shape index (κ3) is 2.70. The Hall–Kier alpha value is -0.250. The third-order valence-corrected chi connectivity index (χ3v) is 4.26. The van der Waals surface area contributed by atoms with Gasteiger partial charge in [-0.3, -0.25) is 0 Å². The van der Waals surface area contributed by atoms with Gasteiger partial charge >= 0.3 is 0 Å². The van der Waals surface area contributed by atoms with Crippen LogP contribution < -0.4 is 10.2 Å². The molecule has 1 N–H and O–H groups in total. The number of benzene rings is 1. The van der Waals surface area contributed by atoms with Gasteiger partial charge in [-0.15, -0.1) is 0 Å². The molecule has 2 nitrogen and oxygen atoms in total. The topological polar surface area (TPSA) is 15.3 Å². The highest BCUT2D eigenvalue weighted by Gasteiger charge is 2.22. The quantitative estimate of drug-likeness (QED) is 0.923. The predicted octanol–water partition coefficient (Wildman–Crippen LogP) is 3.15. The Balaban J connectivity index is 2.05. The fourth-order valence-corrected chi connectivity index (χ4v) is 2.69. The van der Waals surface area contributed by atoms with E-state index >= 15 is 0 Å². The van der Waals surface area contributed by atoms with Crippen LogP contribution in [0.25, 0.3) is 0 Å². The summed E-state index contributed by atoms with van der Waals surface area (Å²) in [6, 6.07) is 6.14. The van der Waals surface area contributed by atoms with E-state index in [4.69, 9.17) is 11.6 Å². The van der Waals surface area contributed by atoms with Crippen molar-refractivity contribution >= 4 is 33.2 Å². The normalized spacial score (nSPS) is 20.4. The molecule has 16 heavy (non-hydrogen) atoms. The molecule has 1 saturated heterocycles. The molecule has 0 aliphatic carbocycles. The number of rotatable bonds is 3. The lowest BCUT2D eigenvalue weighted by atomic mass is 10.1. The van der Waals surface area contributed by atoms with Crippen LogP contribution in [0.1, 0.15) is 6.42 Å². The molecule has 2 rings (SSSR count). The molecule has 0 aromatic heterocycles. The third-order valence-electron chi connectivity index (χ3n) is 3.05. The number of anilines is 1. The monoisotopic (exact) mass is 302 g/mol. The van der Waals surface area contributed by atoms with Gasteiger partial charge in [-0.1, -0.05) is 11.6 Å². The zero-order valence-electron chi connectivity index (χ0n) is 9.34. The largest absolute Gasteiger partial charge is 0.371 e. The predicted molar refractivity (Wildman–Crippen MR) is 73.4 cm³/mol. The molecule has 1 unspecified atom stereocenters. The van der Waals surface area contributed by atoms with E-state index in [1.165, 1.54) is 12.1 Å². The summed E-state index contributed by atoms with van der Waals surface area (Å²) < 4.78 is 0.976. The van der Waals surface area contributed by atoms with Gasteiger partial charge in [0.15, 0.2) is 0 Å². The van der Waals surface area contributed by atoms with Gasteiger partial charge in [0, 0.05) is 23.2 Å². The Kier molecular flexibility index (Phi) is 4.11. The summed E-state index contributed by atoms with van der Waals surface area (Å²) >= 11 is 9.46. The molecule has 1 atom stereocenters. The first-order valence-electron chi connectivity index (χ1n) is 5.55. The van der Waals surface area contributed by atoms with Crippen LogP contribution in [-0.2, 0) is 0 Å². The number of halogens is 2. The van der Waals surface area contributed by atoms with Crippen LogP contribution in [0.5, 0.6) is 0 Å². The Morgan fingerprint density at radius 2 is 2.38 bits per heavy atom. The van der Waals surface area contributed by atoms with Crippen LogP contribution in [0, 0.1) is 5.92 Å². The molecule has 0 amide bonds. The lowest BCUT2D eigenvalue weighted by molar-refractivity contribution is 0.549. The molecule has 0 saturated carbocycles. The lowest BCUT2D eigenvalue weighted by Gasteiger charge is -2.19. The first-order chi connectivity index (χ1) is 7.70. The zero-order chi connectivity index (χ0) is 11.5. The number of nitrogens with one attached hydrogen (secondary N) is 1. The molecule has 0 spiro atoms. The van der Waals surface area contributed by atoms with Crippen molar-refractivity contribution in [2.75, 3.05) is 31.6 Å². The maximum Gasteiger partial charge on any atom is 0.0549 e. The smallest absolute Gasteiger partial charge is 0.0549 e. The van der Waals surface area contributed by atoms with Crippen molar-refractivity contribution in [3.8, 4) is 0 Å². The minimum absolute atomic E-state index is 0.763. The highest BCUT2D eigenvalue weighted by molar-refractivity contribution is 9.10. The van der Waals surface area contributed by atoms with Gasteiger partial charge in [0.05, 0.1) is 5.02 Å². The summed E-state index contributed by atoms with van der Waals surface area (Å²) in [7, 11) is 2.02. The highest BCUT2D eigenvalue weighted by Crippen LogP contribution is 2.30. The van der Waals surface area contributed by atoms with Crippen molar-refractivity contribution < 1.29 is 0 Å². The van der Waals surface area contributed by atoms with Crippen LogP contribution in [-0.4, -0.2) is 26.7 Å². The van der Waals surface area contributed by atoms with E-state index in [1.54, 1.807) is 0 Å². The second-order valence-electron chi connectivity index (χ2n) is 4.26. The van der Waals surface area contributed by atoms with Gasteiger partial charge in [0.25, 0.3) is 0 Å². The molecule has 1 aromatic carbocycles. The van der Waals surface area contributed by atoms with E-state index in [9.17, 15) is 0 Å². The minimum atomic E-state index is 0.763. The van der Waals surface area contributed by atoms with Crippen molar-refractivity contribution in [1.29, 1.82) is 0 Å². The Morgan fingerprint density at radius 1 is 1.56 bits per heavy atom. The van der Waals surface area contributed by atoms with Gasteiger partial charge in [0.1, 0.15) is 0 Å². The first-order valence-corrected chi connectivity index (χ1v) is 6.72. The van der Waals surface area contributed by atoms with Gasteiger partial charge in [-0.05, 0) is 60.1 Å². The molecule has 4 heteroatoms. The number of hydrogen-bond donors (Lipinski definition) is 1. The molecular formula is C12H16BrClN2. The fraction of sp³-hybridized carbons (Fsp3) is 0.500. The molecule has 1 heterocycles. The summed E-state index contributed by atoms with van der Waals surface area (Å²) in [5.41, 5.74) is 1.26. The van der Waals surface area contributed by atoms with Crippen LogP contribution in [0.4, 0.5) is 5.69 Å². The molecule has 88 valence electrons. The molecule has 1 aliphatic heterocycles. The molecule has 1 fully saturated rings. The second-order valence-corrected chi connectivity index (χ2v) is 5.52. The van der Waals surface area contributed by atoms with E-state index in [1.807, 2.05) is 13.1 Å². The van der Waals surface area contributed by atoms with Crippen LogP contribution >= 0.6 is 27.5 Å². The van der Waals surface area contributed by atoms with Crippen molar-refractivity contribution in [3.05, 3.63) is 27.7 Å². The summed E-state index contributed by atoms with van der Waals surface area (Å²) in [6.45, 7) is 3.38. The van der Waals surface area contributed by atoms with Crippen LogP contribution in [0.2, 0.25) is 5.02 Å².